The molecule has 0 unspecified atom stereocenters. The molecule has 0 atom stereocenters. The van der Waals surface area contributed by atoms with Crippen molar-refractivity contribution < 1.29 is 29.6 Å². The van der Waals surface area contributed by atoms with E-state index in [-0.39, 0.29) is 0 Å². The quantitative estimate of drug-likeness (QED) is 0.650. The van der Waals surface area contributed by atoms with Crippen LogP contribution in [-0.4, -0.2) is 8.42 Å². The van der Waals surface area contributed by atoms with Gasteiger partial charge >= 0.3 is 21.2 Å². The van der Waals surface area contributed by atoms with E-state index in [2.05, 4.69) is 18.2 Å². The number of halogens is 1. The molecule has 2 nitrogen and oxygen atoms in total. The topological polar surface area (TPSA) is 34.1 Å². The third-order valence-electron chi connectivity index (χ3n) is 3.96. The highest BCUT2D eigenvalue weighted by atomic mass is 127. The van der Waals surface area contributed by atoms with E-state index < -0.39 is 31.0 Å². The van der Waals surface area contributed by atoms with Crippen LogP contribution in [0.2, 0.25) is 0 Å². The Morgan fingerprint density at radius 1 is 0.917 bits per heavy atom. The summed E-state index contributed by atoms with van der Waals surface area (Å²) in [7, 11) is -3.45. The molecule has 24 heavy (non-hydrogen) atoms. The summed E-state index contributed by atoms with van der Waals surface area (Å²) in [6.07, 6.45) is 6.16. The van der Waals surface area contributed by atoms with Gasteiger partial charge in [0.15, 0.2) is 7.65 Å². The van der Waals surface area contributed by atoms with Crippen molar-refractivity contribution in [2.24, 2.45) is 0 Å². The predicted octanol–water partition coefficient (Wildman–Crippen LogP) is 1.76. The second-order valence-corrected chi connectivity index (χ2v) is 10.1. The summed E-state index contributed by atoms with van der Waals surface area (Å²) >= 11 is -0.480. The molecule has 0 fully saturated rings. The SMILES string of the molecule is O=S(=O)(/C(=C/[I+]c1ccccc1)C1=CCCCC1)c1ccccc1. The molecule has 0 bridgehead atoms. The molecule has 0 saturated carbocycles. The number of benzene rings is 2. The summed E-state index contributed by atoms with van der Waals surface area (Å²) < 4.78 is 29.5. The molecule has 0 amide bonds. The number of allylic oxidation sites excluding steroid dienone is 2. The van der Waals surface area contributed by atoms with Gasteiger partial charge in [-0.05, 0) is 55.5 Å². The van der Waals surface area contributed by atoms with Crippen LogP contribution < -0.4 is 21.2 Å². The third-order valence-corrected chi connectivity index (χ3v) is 8.61. The van der Waals surface area contributed by atoms with Crippen molar-refractivity contribution >= 4 is 9.84 Å². The van der Waals surface area contributed by atoms with E-state index in [9.17, 15) is 8.42 Å². The lowest BCUT2D eigenvalue weighted by molar-refractivity contribution is -0.557. The van der Waals surface area contributed by atoms with Crippen LogP contribution in [0.5, 0.6) is 0 Å². The Morgan fingerprint density at radius 2 is 1.58 bits per heavy atom. The Balaban J connectivity index is 2.00. The fraction of sp³-hybridized carbons (Fsp3) is 0.200. The summed E-state index contributed by atoms with van der Waals surface area (Å²) in [5, 5.41) is 0. The zero-order chi connectivity index (χ0) is 16.8. The Labute approximate surface area is 154 Å². The van der Waals surface area contributed by atoms with Gasteiger partial charge < -0.3 is 0 Å². The highest BCUT2D eigenvalue weighted by Crippen LogP contribution is 2.30. The highest BCUT2D eigenvalue weighted by Gasteiger charge is 2.28. The molecule has 2 aromatic rings. The molecule has 1 aliphatic rings. The molecule has 0 N–H and O–H groups in total. The summed E-state index contributed by atoms with van der Waals surface area (Å²) in [5.41, 5.74) is 1.00. The molecule has 0 aliphatic heterocycles. The fourth-order valence-corrected chi connectivity index (χ4v) is 7.28. The zero-order valence-corrected chi connectivity index (χ0v) is 16.3. The van der Waals surface area contributed by atoms with Crippen molar-refractivity contribution in [3.63, 3.8) is 0 Å². The van der Waals surface area contributed by atoms with Gasteiger partial charge in [0.2, 0.25) is 9.84 Å². The normalized spacial score (nSPS) is 15.8. The summed E-state index contributed by atoms with van der Waals surface area (Å²) in [4.78, 5) is 0.921. The van der Waals surface area contributed by atoms with Crippen molar-refractivity contribution in [2.45, 2.75) is 30.6 Å². The minimum absolute atomic E-state index is 0.389. The van der Waals surface area contributed by atoms with Gasteiger partial charge in [-0.3, -0.25) is 0 Å². The lowest BCUT2D eigenvalue weighted by atomic mass is 10.00. The van der Waals surface area contributed by atoms with Gasteiger partial charge in [-0.2, -0.15) is 0 Å². The zero-order valence-electron chi connectivity index (χ0n) is 13.4. The van der Waals surface area contributed by atoms with Crippen LogP contribution in [0, 0.1) is 3.57 Å². The van der Waals surface area contributed by atoms with E-state index in [1.807, 2.05) is 28.3 Å². The molecular formula is C20H20IO2S+. The predicted molar refractivity (Wildman–Crippen MR) is 93.4 cm³/mol. The van der Waals surface area contributed by atoms with Crippen LogP contribution >= 0.6 is 0 Å². The van der Waals surface area contributed by atoms with E-state index in [0.29, 0.717) is 9.80 Å². The molecule has 124 valence electrons. The van der Waals surface area contributed by atoms with Crippen LogP contribution in [-0.2, 0) is 9.84 Å². The Kier molecular flexibility index (Phi) is 5.89. The van der Waals surface area contributed by atoms with Crippen molar-refractivity contribution in [2.75, 3.05) is 0 Å². The number of hydrogen-bond donors (Lipinski definition) is 0. The molecule has 0 radical (unpaired) electrons. The lowest BCUT2D eigenvalue weighted by Crippen LogP contribution is -3.59. The average molecular weight is 451 g/mol. The Morgan fingerprint density at radius 3 is 2.21 bits per heavy atom. The first kappa shape index (κ1) is 17.4. The maximum atomic E-state index is 13.2. The second kappa shape index (κ2) is 8.12. The fourth-order valence-electron chi connectivity index (χ4n) is 2.69. The standard InChI is InChI=1S/C20H20IO2S/c22-24(23,19-14-8-3-9-15-19)20(17-10-4-1-5-11-17)16-21-18-12-6-2-7-13-18/h2-3,6-10,12-16H,1,4-5,11H2/q+1/b20-16+. The van der Waals surface area contributed by atoms with Crippen LogP contribution in [0.1, 0.15) is 25.7 Å². The van der Waals surface area contributed by atoms with E-state index in [1.54, 1.807) is 24.3 Å². The number of sulfone groups is 1. The van der Waals surface area contributed by atoms with Crippen LogP contribution in [0.15, 0.2) is 86.2 Å². The lowest BCUT2D eigenvalue weighted by Gasteiger charge is -2.15. The monoisotopic (exact) mass is 451 g/mol. The van der Waals surface area contributed by atoms with Gasteiger partial charge in [0.25, 0.3) is 0 Å². The van der Waals surface area contributed by atoms with Crippen LogP contribution in [0.25, 0.3) is 0 Å². The number of hydrogen-bond acceptors (Lipinski definition) is 2. The molecule has 4 heteroatoms. The van der Waals surface area contributed by atoms with E-state index in [1.165, 1.54) is 3.57 Å². The smallest absolute Gasteiger partial charge is 0.218 e. The van der Waals surface area contributed by atoms with E-state index >= 15 is 0 Å². The summed E-state index contributed by atoms with van der Waals surface area (Å²) in [6.45, 7) is 0. The first-order valence-electron chi connectivity index (χ1n) is 8.06. The molecular weight excluding hydrogens is 431 g/mol. The Bertz CT molecular complexity index is 838. The molecule has 3 rings (SSSR count). The maximum Gasteiger partial charge on any atom is 0.350 e. The van der Waals surface area contributed by atoms with Crippen molar-refractivity contribution in [1.82, 2.24) is 0 Å². The number of rotatable bonds is 5. The molecule has 0 spiro atoms. The summed E-state index contributed by atoms with van der Waals surface area (Å²) in [5.74, 6) is 0. The van der Waals surface area contributed by atoms with Gasteiger partial charge in [-0.15, -0.1) is 0 Å². The summed E-state index contributed by atoms with van der Waals surface area (Å²) in [6, 6.07) is 18.9. The first-order chi connectivity index (χ1) is 11.7. The first-order valence-corrected chi connectivity index (χ1v) is 11.9. The molecule has 2 aromatic carbocycles. The van der Waals surface area contributed by atoms with Gasteiger partial charge in [-0.1, -0.05) is 42.5 Å². The van der Waals surface area contributed by atoms with Crippen LogP contribution in [0.4, 0.5) is 0 Å². The molecule has 0 saturated heterocycles. The van der Waals surface area contributed by atoms with Gasteiger partial charge in [0.1, 0.15) is 4.91 Å². The highest BCUT2D eigenvalue weighted by molar-refractivity contribution is 7.95. The molecule has 0 aromatic heterocycles. The van der Waals surface area contributed by atoms with E-state index in [4.69, 9.17) is 0 Å². The largest absolute Gasteiger partial charge is 0.350 e. The Hall–Kier alpha value is -1.40. The van der Waals surface area contributed by atoms with Crippen LogP contribution in [0.3, 0.4) is 0 Å². The minimum atomic E-state index is -3.45. The second-order valence-electron chi connectivity index (χ2n) is 5.67. The average Bonchev–Trinajstić information content (AvgIpc) is 2.64. The molecule has 0 heterocycles. The minimum Gasteiger partial charge on any atom is -0.218 e. The molecule has 1 aliphatic carbocycles. The van der Waals surface area contributed by atoms with Crippen molar-refractivity contribution in [1.29, 1.82) is 0 Å². The maximum absolute atomic E-state index is 13.2. The van der Waals surface area contributed by atoms with E-state index in [0.717, 1.165) is 31.3 Å². The van der Waals surface area contributed by atoms with Crippen molar-refractivity contribution in [3.05, 3.63) is 84.9 Å². The van der Waals surface area contributed by atoms with Gasteiger partial charge in [0, 0.05) is 0 Å². The van der Waals surface area contributed by atoms with Gasteiger partial charge in [-0.25, -0.2) is 8.42 Å². The third kappa shape index (κ3) is 4.16. The van der Waals surface area contributed by atoms with Gasteiger partial charge in [0.05, 0.1) is 4.90 Å². The van der Waals surface area contributed by atoms with Crippen molar-refractivity contribution in [3.8, 4) is 0 Å².